The molecule has 40 heavy (non-hydrogen) atoms. The maximum atomic E-state index is 11.8. The number of β-lactam (4-membered cyclic amide) rings is 2. The first-order valence-corrected chi connectivity index (χ1v) is 13.3. The maximum absolute atomic E-state index is 11.8. The van der Waals surface area contributed by atoms with Crippen LogP contribution in [0.2, 0.25) is 0 Å². The van der Waals surface area contributed by atoms with E-state index in [9.17, 15) is 49.2 Å². The third-order valence-corrected chi connectivity index (χ3v) is 8.70. The van der Waals surface area contributed by atoms with E-state index in [-0.39, 0.29) is 94.9 Å². The van der Waals surface area contributed by atoms with Gasteiger partial charge in [-0.2, -0.15) is 0 Å². The van der Waals surface area contributed by atoms with Crippen molar-refractivity contribution in [2.45, 2.75) is 51.0 Å². The average molecular weight is 619 g/mol. The number of hydrogen-bond acceptors (Lipinski definition) is 12. The van der Waals surface area contributed by atoms with Crippen molar-refractivity contribution in [3.8, 4) is 0 Å². The third kappa shape index (κ3) is 7.27. The van der Waals surface area contributed by atoms with Gasteiger partial charge in [-0.05, 0) is 13.8 Å². The largest absolute Gasteiger partial charge is 1.00 e. The molecule has 14 nitrogen and oxygen atoms in total. The predicted molar refractivity (Wildman–Crippen MR) is 125 cm³/mol. The van der Waals surface area contributed by atoms with E-state index >= 15 is 0 Å². The van der Waals surface area contributed by atoms with Gasteiger partial charge in [-0.3, -0.25) is 19.2 Å². The molecule has 0 spiro atoms. The van der Waals surface area contributed by atoms with Crippen LogP contribution in [0.4, 0.5) is 0 Å². The molecular weight excluding hydrogens is 594 g/mol. The molecule has 4 unspecified atom stereocenters. The Kier molecular flexibility index (Phi) is 13.8. The molecule has 2 fully saturated rings. The van der Waals surface area contributed by atoms with Crippen LogP contribution in [-0.2, 0) is 28.8 Å². The third-order valence-electron chi connectivity index (χ3n) is 6.50. The summed E-state index contributed by atoms with van der Waals surface area (Å²) in [6.07, 6.45) is -1.22. The minimum absolute atomic E-state index is 0. The number of carboxylic acid groups (broad SMARTS) is 4. The van der Waals surface area contributed by atoms with E-state index in [0.717, 1.165) is 33.3 Å². The Labute approximate surface area is 280 Å². The molecule has 0 aromatic heterocycles. The van der Waals surface area contributed by atoms with Gasteiger partial charge in [0.1, 0.15) is 0 Å². The molecule has 6 atom stereocenters. The zero-order valence-corrected chi connectivity index (χ0v) is 27.7. The summed E-state index contributed by atoms with van der Waals surface area (Å²) in [5.41, 5.74) is -0.503. The van der Waals surface area contributed by atoms with Gasteiger partial charge in [-0.1, -0.05) is 0 Å². The van der Waals surface area contributed by atoms with Crippen LogP contribution in [0.1, 0.15) is 26.7 Å². The second-order valence-electron chi connectivity index (χ2n) is 8.98. The molecule has 0 radical (unpaired) electrons. The van der Waals surface area contributed by atoms with E-state index in [4.69, 9.17) is 10.2 Å². The SMILES string of the molecule is CC(O)C1C(=O)N2C(C(=O)[O-])=C(SCC(=O)O)C[C@H]12.CC(O)C1C(=O)N2C(C(=O)[O-])=C(SCC(=O)O)C[C@H]12.[Na+].[Na+]. The number of thioether (sulfide) groups is 2. The van der Waals surface area contributed by atoms with Gasteiger partial charge in [0, 0.05) is 22.7 Å². The Bertz CT molecular complexity index is 1070. The summed E-state index contributed by atoms with van der Waals surface area (Å²) in [4.78, 5) is 69.6. The number of aliphatic carboxylic acids is 4. The van der Waals surface area contributed by atoms with E-state index < -0.39 is 71.8 Å². The van der Waals surface area contributed by atoms with E-state index in [1.165, 1.54) is 13.8 Å². The summed E-state index contributed by atoms with van der Waals surface area (Å²) < 4.78 is 0. The van der Waals surface area contributed by atoms with Crippen molar-refractivity contribution < 1.29 is 119 Å². The number of carboxylic acids is 4. The van der Waals surface area contributed by atoms with E-state index in [1.807, 2.05) is 0 Å². The monoisotopic (exact) mass is 618 g/mol. The maximum Gasteiger partial charge on any atom is 1.00 e. The first kappa shape index (κ1) is 36.9. The smallest absolute Gasteiger partial charge is 0.543 e. The van der Waals surface area contributed by atoms with Crippen molar-refractivity contribution in [2.75, 3.05) is 11.5 Å². The zero-order valence-electron chi connectivity index (χ0n) is 22.1. The van der Waals surface area contributed by atoms with Gasteiger partial charge in [0.2, 0.25) is 11.8 Å². The van der Waals surface area contributed by atoms with Crippen LogP contribution in [0.3, 0.4) is 0 Å². The van der Waals surface area contributed by atoms with E-state index in [1.54, 1.807) is 0 Å². The molecule has 0 aromatic rings. The quantitative estimate of drug-likeness (QED) is 0.131. The van der Waals surface area contributed by atoms with E-state index in [2.05, 4.69) is 0 Å². The van der Waals surface area contributed by atoms with Crippen molar-refractivity contribution in [3.63, 3.8) is 0 Å². The first-order chi connectivity index (χ1) is 17.7. The summed E-state index contributed by atoms with van der Waals surface area (Å²) in [5.74, 6) is -7.84. The van der Waals surface area contributed by atoms with Crippen LogP contribution in [0.5, 0.6) is 0 Å². The molecule has 18 heteroatoms. The van der Waals surface area contributed by atoms with Gasteiger partial charge in [0.25, 0.3) is 0 Å². The number of hydrogen-bond donors (Lipinski definition) is 4. The summed E-state index contributed by atoms with van der Waals surface area (Å²) in [6, 6.07) is -0.812. The van der Waals surface area contributed by atoms with Crippen molar-refractivity contribution in [2.24, 2.45) is 11.8 Å². The van der Waals surface area contributed by atoms with Crippen LogP contribution in [0.15, 0.2) is 21.2 Å². The fraction of sp³-hybridized carbons (Fsp3) is 0.545. The number of nitrogens with zero attached hydrogens (tertiary/aromatic N) is 2. The fourth-order valence-electron chi connectivity index (χ4n) is 5.00. The molecular formula is C22H24N2Na2O12S2. The van der Waals surface area contributed by atoms with Crippen LogP contribution in [0.25, 0.3) is 0 Å². The molecule has 0 bridgehead atoms. The Morgan fingerprint density at radius 2 is 1.07 bits per heavy atom. The Morgan fingerprint density at radius 3 is 1.30 bits per heavy atom. The predicted octanol–water partition coefficient (Wildman–Crippen LogP) is -9.24. The topological polar surface area (TPSA) is 236 Å². The Balaban J connectivity index is 0.000000381. The fourth-order valence-corrected chi connectivity index (χ4v) is 6.81. The van der Waals surface area contributed by atoms with E-state index in [0.29, 0.717) is 9.81 Å². The number of amides is 2. The molecule has 4 aliphatic rings. The Morgan fingerprint density at radius 1 is 0.775 bits per heavy atom. The molecule has 2 saturated heterocycles. The van der Waals surface area contributed by atoms with Gasteiger partial charge in [-0.15, -0.1) is 23.5 Å². The Hall–Kier alpha value is -1.08. The van der Waals surface area contributed by atoms with Gasteiger partial charge in [0.05, 0.1) is 71.0 Å². The summed E-state index contributed by atoms with van der Waals surface area (Å²) >= 11 is 1.75. The summed E-state index contributed by atoms with van der Waals surface area (Å²) in [7, 11) is 0. The molecule has 4 aliphatic heterocycles. The van der Waals surface area contributed by atoms with Crippen molar-refractivity contribution in [1.82, 2.24) is 9.80 Å². The number of rotatable bonds is 10. The van der Waals surface area contributed by atoms with Gasteiger partial charge in [0.15, 0.2) is 0 Å². The normalized spacial score (nSPS) is 25.7. The number of aliphatic hydroxyl groups excluding tert-OH is 2. The molecule has 0 aliphatic carbocycles. The van der Waals surface area contributed by atoms with Crippen molar-refractivity contribution in [1.29, 1.82) is 0 Å². The van der Waals surface area contributed by atoms with Crippen LogP contribution in [0, 0.1) is 11.8 Å². The zero-order chi connectivity index (χ0) is 28.6. The molecule has 2 amide bonds. The molecule has 4 N–H and O–H groups in total. The number of carbonyl (C=O) groups is 6. The van der Waals surface area contributed by atoms with Crippen LogP contribution >= 0.6 is 23.5 Å². The molecule has 4 heterocycles. The van der Waals surface area contributed by atoms with Crippen molar-refractivity contribution >= 4 is 59.2 Å². The molecule has 208 valence electrons. The standard InChI is InChI=1S/2C11H13NO6S.2Na/c2*1-4(13)8-5-2-6(19-3-7(14)15)9(11(17)18)12(5)10(8)16;;/h2*4-5,8,13H,2-3H2,1H3,(H,14,15)(H,17,18);;/q;;2*+1/p-2/t2*4?,5-,8?;;/m11../s1. The van der Waals surface area contributed by atoms with Crippen molar-refractivity contribution in [3.05, 3.63) is 21.2 Å². The van der Waals surface area contributed by atoms with Crippen LogP contribution < -0.4 is 69.3 Å². The first-order valence-electron chi connectivity index (χ1n) is 11.3. The molecule has 0 saturated carbocycles. The number of aliphatic hydroxyl groups is 2. The minimum atomic E-state index is -1.49. The van der Waals surface area contributed by atoms with Gasteiger partial charge in [-0.25, -0.2) is 0 Å². The average Bonchev–Trinajstić information content (AvgIpc) is 3.29. The number of fused-ring (bicyclic) bond motifs is 2. The minimum Gasteiger partial charge on any atom is -0.543 e. The molecule has 0 aromatic carbocycles. The molecule has 4 rings (SSSR count). The number of carbonyl (C=O) groups excluding carboxylic acids is 4. The summed E-state index contributed by atoms with van der Waals surface area (Å²) in [6.45, 7) is 2.95. The second-order valence-corrected chi connectivity index (χ2v) is 11.1. The summed E-state index contributed by atoms with van der Waals surface area (Å²) in [5, 5.41) is 58.4. The van der Waals surface area contributed by atoms with Gasteiger partial charge >= 0.3 is 71.1 Å². The second kappa shape index (κ2) is 14.9. The van der Waals surface area contributed by atoms with Crippen LogP contribution in [-0.4, -0.2) is 102 Å². The van der Waals surface area contributed by atoms with Gasteiger partial charge < -0.3 is 50.0 Å².